The maximum Gasteiger partial charge on any atom is 0.230 e. The number of aromatic nitrogens is 6. The zero-order valence-electron chi connectivity index (χ0n) is 26.9. The number of rotatable bonds is 5. The summed E-state index contributed by atoms with van der Waals surface area (Å²) in [5, 5.41) is 6.43. The lowest BCUT2D eigenvalue weighted by Crippen LogP contribution is -2.36. The van der Waals surface area contributed by atoms with E-state index in [-0.39, 0.29) is 22.1 Å². The molecule has 0 bridgehead atoms. The van der Waals surface area contributed by atoms with Crippen molar-refractivity contribution in [3.63, 3.8) is 0 Å². The van der Waals surface area contributed by atoms with Gasteiger partial charge >= 0.3 is 0 Å². The summed E-state index contributed by atoms with van der Waals surface area (Å²) in [5.41, 5.74) is 0.428. The monoisotopic (exact) mass is 699 g/mol. The van der Waals surface area contributed by atoms with Crippen molar-refractivity contribution in [1.82, 2.24) is 29.9 Å². The van der Waals surface area contributed by atoms with E-state index in [1.165, 1.54) is 6.07 Å². The number of ether oxygens (including phenoxy) is 1. The van der Waals surface area contributed by atoms with Crippen LogP contribution in [0, 0.1) is 10.8 Å². The number of amides is 2. The van der Waals surface area contributed by atoms with Crippen LogP contribution in [0.3, 0.4) is 0 Å². The topological polar surface area (TPSA) is 148 Å². The summed E-state index contributed by atoms with van der Waals surface area (Å²) in [6.07, 6.45) is 3.19. The first-order valence-electron chi connectivity index (χ1n) is 14.7. The van der Waals surface area contributed by atoms with Crippen molar-refractivity contribution in [2.45, 2.75) is 41.5 Å². The third-order valence-corrected chi connectivity index (χ3v) is 7.15. The molecule has 1 saturated heterocycles. The molecule has 4 aromatic heterocycles. The van der Waals surface area contributed by atoms with E-state index in [1.807, 2.05) is 47.6 Å². The zero-order valence-corrected chi connectivity index (χ0v) is 29.2. The molecule has 248 valence electrons. The van der Waals surface area contributed by atoms with Gasteiger partial charge in [-0.05, 0) is 24.3 Å². The van der Waals surface area contributed by atoms with Crippen LogP contribution in [0.5, 0.6) is 0 Å². The van der Waals surface area contributed by atoms with Crippen LogP contribution in [0.1, 0.15) is 41.5 Å². The van der Waals surface area contributed by atoms with Gasteiger partial charge in [0.05, 0.1) is 13.2 Å². The summed E-state index contributed by atoms with van der Waals surface area (Å²) >= 11 is 17.9. The van der Waals surface area contributed by atoms with Gasteiger partial charge in [-0.15, -0.1) is 0 Å². The first-order valence-corrected chi connectivity index (χ1v) is 15.8. The first-order chi connectivity index (χ1) is 22.1. The van der Waals surface area contributed by atoms with Gasteiger partial charge in [-0.2, -0.15) is 0 Å². The number of hydrogen-bond donors (Lipinski definition) is 2. The number of nitrogens with zero attached hydrogens (tertiary/aromatic N) is 7. The Morgan fingerprint density at radius 2 is 1.11 bits per heavy atom. The number of halogens is 3. The molecular weight excluding hydrogens is 665 g/mol. The highest BCUT2D eigenvalue weighted by Crippen LogP contribution is 2.25. The molecular formula is C32H36Cl3N9O3. The van der Waals surface area contributed by atoms with Crippen LogP contribution in [0.25, 0.3) is 22.8 Å². The molecule has 5 heterocycles. The smallest absolute Gasteiger partial charge is 0.230 e. The molecule has 5 rings (SSSR count). The molecule has 0 aromatic carbocycles. The van der Waals surface area contributed by atoms with Crippen LogP contribution >= 0.6 is 34.8 Å². The van der Waals surface area contributed by atoms with Crippen LogP contribution in [0.2, 0.25) is 15.5 Å². The van der Waals surface area contributed by atoms with Crippen LogP contribution in [-0.2, 0) is 14.3 Å². The third-order valence-electron chi connectivity index (χ3n) is 6.57. The maximum atomic E-state index is 12.0. The Balaban J connectivity index is 0.000000218. The normalized spacial score (nSPS) is 13.3. The van der Waals surface area contributed by atoms with Gasteiger partial charge in [0.15, 0.2) is 11.6 Å². The van der Waals surface area contributed by atoms with E-state index in [9.17, 15) is 9.59 Å². The Labute approximate surface area is 288 Å². The zero-order chi connectivity index (χ0) is 34.4. The minimum absolute atomic E-state index is 0.0913. The number of pyridine rings is 2. The van der Waals surface area contributed by atoms with Gasteiger partial charge in [0.1, 0.15) is 32.9 Å². The van der Waals surface area contributed by atoms with Crippen molar-refractivity contribution in [2.24, 2.45) is 10.8 Å². The lowest BCUT2D eigenvalue weighted by Gasteiger charge is -2.28. The summed E-state index contributed by atoms with van der Waals surface area (Å²) in [6.45, 7) is 13.9. The average Bonchev–Trinajstić information content (AvgIpc) is 3.01. The summed E-state index contributed by atoms with van der Waals surface area (Å²) in [6, 6.07) is 10.2. The quantitative estimate of drug-likeness (QED) is 0.212. The molecule has 0 aliphatic carbocycles. The van der Waals surface area contributed by atoms with Gasteiger partial charge in [-0.25, -0.2) is 29.9 Å². The number of nitrogens with one attached hydrogen (secondary N) is 2. The molecule has 0 atom stereocenters. The van der Waals surface area contributed by atoms with Gasteiger partial charge in [-0.1, -0.05) is 76.3 Å². The second kappa shape index (κ2) is 15.3. The highest BCUT2D eigenvalue weighted by atomic mass is 35.5. The molecule has 4 aromatic rings. The van der Waals surface area contributed by atoms with Crippen molar-refractivity contribution in [3.05, 3.63) is 64.3 Å². The van der Waals surface area contributed by atoms with Crippen molar-refractivity contribution >= 4 is 64.1 Å². The van der Waals surface area contributed by atoms with Crippen LogP contribution in [0.4, 0.5) is 17.5 Å². The summed E-state index contributed by atoms with van der Waals surface area (Å²) in [7, 11) is 0. The molecule has 0 saturated carbocycles. The molecule has 0 unspecified atom stereocenters. The van der Waals surface area contributed by atoms with Gasteiger partial charge in [0.2, 0.25) is 11.8 Å². The number of morpholine rings is 1. The Bertz CT molecular complexity index is 1680. The SMILES string of the molecule is CC(C)(C)C(=O)Nc1ccc(-c2nc(Cl)cc(Cl)n2)cn1.CC(C)(C)C(=O)Nc1ccc(-c2nc(Cl)cc(N3CCOCC3)n2)cn1. The van der Waals surface area contributed by atoms with E-state index in [2.05, 4.69) is 45.4 Å². The van der Waals surface area contributed by atoms with E-state index in [0.717, 1.165) is 24.5 Å². The Morgan fingerprint density at radius 3 is 1.51 bits per heavy atom. The predicted octanol–water partition coefficient (Wildman–Crippen LogP) is 6.84. The Morgan fingerprint density at radius 1 is 0.681 bits per heavy atom. The lowest BCUT2D eigenvalue weighted by atomic mass is 9.96. The molecule has 2 N–H and O–H groups in total. The van der Waals surface area contributed by atoms with Crippen molar-refractivity contribution in [1.29, 1.82) is 0 Å². The molecule has 1 aliphatic heterocycles. The van der Waals surface area contributed by atoms with Crippen molar-refractivity contribution < 1.29 is 14.3 Å². The molecule has 1 fully saturated rings. The predicted molar refractivity (Wildman–Crippen MR) is 185 cm³/mol. The fourth-order valence-electron chi connectivity index (χ4n) is 3.82. The lowest BCUT2D eigenvalue weighted by molar-refractivity contribution is -0.123. The number of carbonyl (C=O) groups excluding carboxylic acids is 2. The number of anilines is 3. The molecule has 12 nitrogen and oxygen atoms in total. The highest BCUT2D eigenvalue weighted by molar-refractivity contribution is 6.33. The summed E-state index contributed by atoms with van der Waals surface area (Å²) in [4.78, 5) is 51.5. The van der Waals surface area contributed by atoms with Gasteiger partial charge in [0.25, 0.3) is 0 Å². The molecule has 15 heteroatoms. The Kier molecular flexibility index (Phi) is 11.7. The molecule has 47 heavy (non-hydrogen) atoms. The highest BCUT2D eigenvalue weighted by Gasteiger charge is 2.23. The molecule has 2 amide bonds. The summed E-state index contributed by atoms with van der Waals surface area (Å²) in [5.74, 6) is 2.41. The van der Waals surface area contributed by atoms with Gasteiger partial charge in [-0.3, -0.25) is 9.59 Å². The molecule has 0 spiro atoms. The molecule has 1 aliphatic rings. The van der Waals surface area contributed by atoms with Gasteiger partial charge < -0.3 is 20.3 Å². The minimum Gasteiger partial charge on any atom is -0.378 e. The van der Waals surface area contributed by atoms with Gasteiger partial charge in [0, 0.05) is 59.6 Å². The van der Waals surface area contributed by atoms with E-state index in [0.29, 0.717) is 47.2 Å². The second-order valence-corrected chi connectivity index (χ2v) is 13.7. The van der Waals surface area contributed by atoms with E-state index >= 15 is 0 Å². The largest absolute Gasteiger partial charge is 0.378 e. The average molecular weight is 701 g/mol. The van der Waals surface area contributed by atoms with E-state index in [1.54, 1.807) is 36.7 Å². The fourth-order valence-corrected chi connectivity index (χ4v) is 4.42. The number of carbonyl (C=O) groups is 2. The van der Waals surface area contributed by atoms with E-state index < -0.39 is 10.8 Å². The van der Waals surface area contributed by atoms with Crippen molar-refractivity contribution in [2.75, 3.05) is 41.8 Å². The van der Waals surface area contributed by atoms with Crippen molar-refractivity contribution in [3.8, 4) is 22.8 Å². The second-order valence-electron chi connectivity index (χ2n) is 12.6. The standard InChI is InChI=1S/C18H22ClN5O2.C14H14Cl2N4O/c1-18(2,3)17(25)22-14-5-4-12(11-20-14)16-21-13(19)10-15(23-16)24-6-8-26-9-7-24;1-14(2,3)13(21)20-11-5-4-8(7-17-11)12-18-9(15)6-10(16)19-12/h4-5,10-11H,6-9H2,1-3H3,(H,20,22,25);4-7H,1-3H3,(H,17,20,21). The van der Waals surface area contributed by atoms with E-state index in [4.69, 9.17) is 39.5 Å². The van der Waals surface area contributed by atoms with Crippen LogP contribution in [0.15, 0.2) is 48.8 Å². The van der Waals surface area contributed by atoms with Crippen LogP contribution in [-0.4, -0.2) is 68.0 Å². The maximum absolute atomic E-state index is 12.0. The fraction of sp³-hybridized carbons (Fsp3) is 0.375. The first kappa shape index (κ1) is 35.9. The minimum atomic E-state index is -0.483. The summed E-state index contributed by atoms with van der Waals surface area (Å²) < 4.78 is 5.37. The molecule has 0 radical (unpaired) electrons. The Hall–Kier alpha value is -3.97. The number of hydrogen-bond acceptors (Lipinski definition) is 10. The third kappa shape index (κ3) is 10.5. The van der Waals surface area contributed by atoms with Crippen LogP contribution < -0.4 is 15.5 Å².